The number of hydrogen-bond acceptors (Lipinski definition) is 5. The van der Waals surface area contributed by atoms with Gasteiger partial charge in [-0.05, 0) is 6.07 Å². The van der Waals surface area contributed by atoms with Crippen molar-refractivity contribution >= 4 is 17.6 Å². The zero-order chi connectivity index (χ0) is 16.0. The Morgan fingerprint density at radius 1 is 1.57 bits per heavy atom. The topological polar surface area (TPSA) is 119 Å². The number of hydrogen-bond donors (Lipinski definition) is 2. The SMILES string of the molecule is C#CCC(NC(=O)c1c(OC)cccc1[N+](=O)[O-])C(=O)O. The molecule has 1 aromatic carbocycles. The van der Waals surface area contributed by atoms with Gasteiger partial charge in [-0.25, -0.2) is 4.79 Å². The number of methoxy groups -OCH3 is 1. The highest BCUT2D eigenvalue weighted by molar-refractivity contribution is 6.02. The van der Waals surface area contributed by atoms with Crippen LogP contribution in [0.2, 0.25) is 0 Å². The first-order chi connectivity index (χ1) is 9.92. The predicted molar refractivity (Wildman–Crippen MR) is 72.0 cm³/mol. The molecule has 0 saturated heterocycles. The molecule has 0 aliphatic heterocycles. The Labute approximate surface area is 119 Å². The van der Waals surface area contributed by atoms with Gasteiger partial charge >= 0.3 is 5.97 Å². The molecule has 110 valence electrons. The van der Waals surface area contributed by atoms with Crippen molar-refractivity contribution in [1.82, 2.24) is 5.32 Å². The number of nitrogens with one attached hydrogen (secondary N) is 1. The Hall–Kier alpha value is -3.08. The Morgan fingerprint density at radius 2 is 2.24 bits per heavy atom. The number of carboxylic acid groups (broad SMARTS) is 1. The minimum Gasteiger partial charge on any atom is -0.496 e. The van der Waals surface area contributed by atoms with Crippen molar-refractivity contribution in [2.75, 3.05) is 7.11 Å². The lowest BCUT2D eigenvalue weighted by Crippen LogP contribution is -2.40. The smallest absolute Gasteiger partial charge is 0.327 e. The summed E-state index contributed by atoms with van der Waals surface area (Å²) in [6, 6.07) is 2.49. The maximum atomic E-state index is 12.1. The van der Waals surface area contributed by atoms with Crippen LogP contribution >= 0.6 is 0 Å². The third-order valence-corrected chi connectivity index (χ3v) is 2.57. The Kier molecular flexibility index (Phi) is 5.25. The molecule has 21 heavy (non-hydrogen) atoms. The van der Waals surface area contributed by atoms with Crippen molar-refractivity contribution in [3.63, 3.8) is 0 Å². The maximum absolute atomic E-state index is 12.1. The molecule has 1 atom stereocenters. The molecule has 0 radical (unpaired) electrons. The van der Waals surface area contributed by atoms with E-state index in [0.29, 0.717) is 0 Å². The fourth-order valence-electron chi connectivity index (χ4n) is 1.62. The van der Waals surface area contributed by atoms with Gasteiger partial charge in [0, 0.05) is 12.5 Å². The second-order valence-corrected chi connectivity index (χ2v) is 3.88. The number of rotatable bonds is 6. The summed E-state index contributed by atoms with van der Waals surface area (Å²) in [4.78, 5) is 33.3. The maximum Gasteiger partial charge on any atom is 0.327 e. The molecule has 0 aromatic heterocycles. The number of aliphatic carboxylic acids is 1. The summed E-state index contributed by atoms with van der Waals surface area (Å²) in [7, 11) is 1.24. The van der Waals surface area contributed by atoms with E-state index in [-0.39, 0.29) is 17.7 Å². The molecule has 1 amide bonds. The van der Waals surface area contributed by atoms with Gasteiger partial charge in [0.1, 0.15) is 11.8 Å². The molecule has 2 N–H and O–H groups in total. The average Bonchev–Trinajstić information content (AvgIpc) is 2.45. The highest BCUT2D eigenvalue weighted by Crippen LogP contribution is 2.28. The first-order valence-electron chi connectivity index (χ1n) is 5.70. The predicted octanol–water partition coefficient (Wildman–Crippen LogP) is 0.810. The van der Waals surface area contributed by atoms with Crippen molar-refractivity contribution in [3.8, 4) is 18.1 Å². The fourth-order valence-corrected chi connectivity index (χ4v) is 1.62. The fraction of sp³-hybridized carbons (Fsp3) is 0.231. The van der Waals surface area contributed by atoms with Crippen molar-refractivity contribution in [1.29, 1.82) is 0 Å². The lowest BCUT2D eigenvalue weighted by atomic mass is 10.1. The first-order valence-corrected chi connectivity index (χ1v) is 5.70. The number of carbonyl (C=O) groups excluding carboxylic acids is 1. The van der Waals surface area contributed by atoms with Crippen LogP contribution in [0.3, 0.4) is 0 Å². The summed E-state index contributed by atoms with van der Waals surface area (Å²) in [6.07, 6.45) is 4.77. The van der Waals surface area contributed by atoms with E-state index >= 15 is 0 Å². The highest BCUT2D eigenvalue weighted by Gasteiger charge is 2.28. The van der Waals surface area contributed by atoms with Gasteiger partial charge in [0.25, 0.3) is 11.6 Å². The van der Waals surface area contributed by atoms with Crippen LogP contribution in [-0.4, -0.2) is 35.1 Å². The Balaban J connectivity index is 3.20. The normalized spacial score (nSPS) is 11.0. The second kappa shape index (κ2) is 6.91. The number of nitro benzene ring substituents is 1. The standard InChI is InChI=1S/C13H12N2O6/c1-3-5-8(13(17)18)14-12(16)11-9(15(19)20)6-4-7-10(11)21-2/h1,4,6-8H,5H2,2H3,(H,14,16)(H,17,18). The molecule has 1 aromatic rings. The molecule has 0 bridgehead atoms. The summed E-state index contributed by atoms with van der Waals surface area (Å²) < 4.78 is 4.91. The largest absolute Gasteiger partial charge is 0.496 e. The molecule has 0 spiro atoms. The van der Waals surface area contributed by atoms with E-state index < -0.39 is 28.5 Å². The van der Waals surface area contributed by atoms with Gasteiger partial charge in [-0.2, -0.15) is 0 Å². The van der Waals surface area contributed by atoms with Crippen molar-refractivity contribution in [3.05, 3.63) is 33.9 Å². The summed E-state index contributed by atoms with van der Waals surface area (Å²) in [5.41, 5.74) is -0.843. The summed E-state index contributed by atoms with van der Waals surface area (Å²) >= 11 is 0. The number of carbonyl (C=O) groups is 2. The zero-order valence-corrected chi connectivity index (χ0v) is 11.0. The van der Waals surface area contributed by atoms with Crippen LogP contribution in [-0.2, 0) is 4.79 Å². The number of amides is 1. The van der Waals surface area contributed by atoms with E-state index in [4.69, 9.17) is 16.3 Å². The molecule has 8 nitrogen and oxygen atoms in total. The van der Waals surface area contributed by atoms with Gasteiger partial charge in [-0.1, -0.05) is 6.07 Å². The number of benzene rings is 1. The van der Waals surface area contributed by atoms with E-state index in [1.807, 2.05) is 0 Å². The van der Waals surface area contributed by atoms with Crippen LogP contribution in [0.15, 0.2) is 18.2 Å². The van der Waals surface area contributed by atoms with Gasteiger partial charge < -0.3 is 15.2 Å². The molecule has 1 unspecified atom stereocenters. The Morgan fingerprint density at radius 3 is 2.71 bits per heavy atom. The van der Waals surface area contributed by atoms with Crippen molar-refractivity contribution < 1.29 is 24.4 Å². The van der Waals surface area contributed by atoms with Crippen LogP contribution in [0, 0.1) is 22.5 Å². The average molecular weight is 292 g/mol. The van der Waals surface area contributed by atoms with Gasteiger partial charge in [-0.15, -0.1) is 12.3 Å². The molecule has 1 rings (SSSR count). The quantitative estimate of drug-likeness (QED) is 0.455. The monoisotopic (exact) mass is 292 g/mol. The molecule has 0 aliphatic carbocycles. The minimum atomic E-state index is -1.34. The lowest BCUT2D eigenvalue weighted by molar-refractivity contribution is -0.385. The highest BCUT2D eigenvalue weighted by atomic mass is 16.6. The molecular weight excluding hydrogens is 280 g/mol. The lowest BCUT2D eigenvalue weighted by Gasteiger charge is -2.13. The summed E-state index contributed by atoms with van der Waals surface area (Å²) in [6.45, 7) is 0. The van der Waals surface area contributed by atoms with Crippen molar-refractivity contribution in [2.45, 2.75) is 12.5 Å². The minimum absolute atomic E-state index is 0.0356. The molecule has 0 saturated carbocycles. The molecule has 0 heterocycles. The number of carboxylic acids is 1. The molecule has 8 heteroatoms. The zero-order valence-electron chi connectivity index (χ0n) is 11.0. The third-order valence-electron chi connectivity index (χ3n) is 2.57. The van der Waals surface area contributed by atoms with Crippen LogP contribution < -0.4 is 10.1 Å². The molecule has 0 aliphatic rings. The third kappa shape index (κ3) is 3.70. The van der Waals surface area contributed by atoms with Crippen LogP contribution in [0.5, 0.6) is 5.75 Å². The van der Waals surface area contributed by atoms with Gasteiger partial charge in [0.15, 0.2) is 5.56 Å². The van der Waals surface area contributed by atoms with Gasteiger partial charge in [0.2, 0.25) is 0 Å². The number of nitrogens with zero attached hydrogens (tertiary/aromatic N) is 1. The van der Waals surface area contributed by atoms with Crippen LogP contribution in [0.4, 0.5) is 5.69 Å². The second-order valence-electron chi connectivity index (χ2n) is 3.88. The first kappa shape index (κ1) is 16.0. The van der Waals surface area contributed by atoms with E-state index in [1.165, 1.54) is 19.2 Å². The molecular formula is C13H12N2O6. The van der Waals surface area contributed by atoms with E-state index in [2.05, 4.69) is 11.2 Å². The number of terminal acetylenes is 1. The summed E-state index contributed by atoms with van der Waals surface area (Å²) in [5.74, 6) is -0.202. The summed E-state index contributed by atoms with van der Waals surface area (Å²) in [5, 5.41) is 22.0. The van der Waals surface area contributed by atoms with Crippen LogP contribution in [0.25, 0.3) is 0 Å². The van der Waals surface area contributed by atoms with Crippen molar-refractivity contribution in [2.24, 2.45) is 0 Å². The number of nitro groups is 1. The van der Waals surface area contributed by atoms with Crippen LogP contribution in [0.1, 0.15) is 16.8 Å². The van der Waals surface area contributed by atoms with Gasteiger partial charge in [0.05, 0.1) is 12.0 Å². The Bertz CT molecular complexity index is 620. The van der Waals surface area contributed by atoms with E-state index in [1.54, 1.807) is 0 Å². The van der Waals surface area contributed by atoms with E-state index in [9.17, 15) is 19.7 Å². The number of ether oxygens (including phenoxy) is 1. The van der Waals surface area contributed by atoms with E-state index in [0.717, 1.165) is 6.07 Å². The molecule has 0 fully saturated rings. The van der Waals surface area contributed by atoms with Gasteiger partial charge in [-0.3, -0.25) is 14.9 Å².